The van der Waals surface area contributed by atoms with Gasteiger partial charge in [-0.3, -0.25) is 0 Å². The van der Waals surface area contributed by atoms with E-state index in [1.54, 1.807) is 13.0 Å². The van der Waals surface area contributed by atoms with E-state index >= 15 is 0 Å². The predicted octanol–water partition coefficient (Wildman–Crippen LogP) is 3.15. The maximum absolute atomic E-state index is 5.59. The van der Waals surface area contributed by atoms with Crippen molar-refractivity contribution in [2.24, 2.45) is 0 Å². The lowest BCUT2D eigenvalue weighted by atomic mass is 10.3. The Bertz CT molecular complexity index is 79.0. The van der Waals surface area contributed by atoms with Crippen LogP contribution in [0.25, 0.3) is 0 Å². The molecule has 0 aliphatic heterocycles. The maximum Gasteiger partial charge on any atom is 0.133 e. The van der Waals surface area contributed by atoms with Gasteiger partial charge in [-0.15, -0.1) is 0 Å². The van der Waals surface area contributed by atoms with Gasteiger partial charge in [0.05, 0.1) is 0 Å². The highest BCUT2D eigenvalue weighted by molar-refractivity contribution is 6.49. The van der Waals surface area contributed by atoms with Crippen molar-refractivity contribution in [3.05, 3.63) is 12.2 Å². The van der Waals surface area contributed by atoms with Gasteiger partial charge >= 0.3 is 0 Å². The highest BCUT2D eigenvalue weighted by Gasteiger charge is 2.08. The van der Waals surface area contributed by atoms with Crippen molar-refractivity contribution in [2.75, 3.05) is 0 Å². The molecule has 0 N–H and O–H groups in total. The first kappa shape index (κ1) is 8.32. The third-order valence-corrected chi connectivity index (χ3v) is 0.898. The molecule has 0 unspecified atom stereocenters. The predicted molar refractivity (Wildman–Crippen MR) is 39.5 cm³/mol. The summed E-state index contributed by atoms with van der Waals surface area (Å²) in [5, 5.41) is 0. The summed E-state index contributed by atoms with van der Waals surface area (Å²) in [5.41, 5.74) is 0. The summed E-state index contributed by atoms with van der Waals surface area (Å²) in [6.45, 7) is 3.78. The standard InChI is InChI=1S/C6H10Cl2/c1-3-4-5-6(2,7)8/h4-5H,3H2,1-2H3. The zero-order valence-corrected chi connectivity index (χ0v) is 6.63. The van der Waals surface area contributed by atoms with E-state index in [1.165, 1.54) is 0 Å². The lowest BCUT2D eigenvalue weighted by Crippen LogP contribution is -1.98. The zero-order chi connectivity index (χ0) is 6.62. The third kappa shape index (κ3) is 6.32. The number of halogens is 2. The van der Waals surface area contributed by atoms with Crippen molar-refractivity contribution in [1.82, 2.24) is 0 Å². The van der Waals surface area contributed by atoms with Crippen LogP contribution in [0.2, 0.25) is 0 Å². The van der Waals surface area contributed by atoms with Crippen LogP contribution in [0.1, 0.15) is 20.3 Å². The number of allylic oxidation sites excluding steroid dienone is 2. The molecule has 0 bridgehead atoms. The van der Waals surface area contributed by atoms with Crippen LogP contribution in [0.3, 0.4) is 0 Å². The van der Waals surface area contributed by atoms with E-state index in [4.69, 9.17) is 23.2 Å². The molecule has 0 aromatic carbocycles. The normalized spacial score (nSPS) is 13.0. The quantitative estimate of drug-likeness (QED) is 0.422. The van der Waals surface area contributed by atoms with Gasteiger partial charge in [-0.1, -0.05) is 42.3 Å². The lowest BCUT2D eigenvalue weighted by Gasteiger charge is -2.03. The van der Waals surface area contributed by atoms with E-state index in [0.29, 0.717) is 0 Å². The van der Waals surface area contributed by atoms with Crippen molar-refractivity contribution in [1.29, 1.82) is 0 Å². The van der Waals surface area contributed by atoms with Gasteiger partial charge in [0.25, 0.3) is 0 Å². The fourth-order valence-corrected chi connectivity index (χ4v) is 0.503. The Hall–Kier alpha value is 0.320. The second kappa shape index (κ2) is 3.37. The molecule has 0 heterocycles. The molecule has 0 nitrogen and oxygen atoms in total. The van der Waals surface area contributed by atoms with Gasteiger partial charge in [0.2, 0.25) is 0 Å². The van der Waals surface area contributed by atoms with Gasteiger partial charge in [-0.05, 0) is 13.3 Å². The molecule has 2 heteroatoms. The van der Waals surface area contributed by atoms with Gasteiger partial charge < -0.3 is 0 Å². The molecular weight excluding hydrogens is 143 g/mol. The topological polar surface area (TPSA) is 0 Å². The molecular formula is C6H10Cl2. The minimum Gasteiger partial charge on any atom is -0.0973 e. The smallest absolute Gasteiger partial charge is 0.0973 e. The van der Waals surface area contributed by atoms with Crippen LogP contribution in [0.5, 0.6) is 0 Å². The number of hydrogen-bond donors (Lipinski definition) is 0. The second-order valence-electron chi connectivity index (χ2n) is 1.77. The highest BCUT2D eigenvalue weighted by Crippen LogP contribution is 2.20. The van der Waals surface area contributed by atoms with Crippen LogP contribution in [0.15, 0.2) is 12.2 Å². The number of rotatable bonds is 2. The van der Waals surface area contributed by atoms with E-state index in [2.05, 4.69) is 0 Å². The first-order valence-electron chi connectivity index (χ1n) is 2.62. The largest absolute Gasteiger partial charge is 0.133 e. The molecule has 48 valence electrons. The number of hydrogen-bond acceptors (Lipinski definition) is 0. The van der Waals surface area contributed by atoms with E-state index in [1.807, 2.05) is 13.0 Å². The minimum atomic E-state index is -0.685. The van der Waals surface area contributed by atoms with Gasteiger partial charge in [0, 0.05) is 0 Å². The summed E-state index contributed by atoms with van der Waals surface area (Å²) in [4.78, 5) is 0. The van der Waals surface area contributed by atoms with Crippen LogP contribution in [-0.4, -0.2) is 4.33 Å². The molecule has 0 aliphatic carbocycles. The van der Waals surface area contributed by atoms with Crippen LogP contribution >= 0.6 is 23.2 Å². The molecule has 0 saturated heterocycles. The average molecular weight is 153 g/mol. The van der Waals surface area contributed by atoms with Crippen LogP contribution in [0, 0.1) is 0 Å². The average Bonchev–Trinajstić information content (AvgIpc) is 1.59. The highest BCUT2D eigenvalue weighted by atomic mass is 35.5. The Balaban J connectivity index is 3.52. The summed E-state index contributed by atoms with van der Waals surface area (Å²) in [5.74, 6) is 0. The molecule has 0 spiro atoms. The molecule has 8 heavy (non-hydrogen) atoms. The van der Waals surface area contributed by atoms with Crippen molar-refractivity contribution < 1.29 is 0 Å². The van der Waals surface area contributed by atoms with E-state index in [-0.39, 0.29) is 0 Å². The van der Waals surface area contributed by atoms with Crippen LogP contribution < -0.4 is 0 Å². The monoisotopic (exact) mass is 152 g/mol. The molecule has 0 rings (SSSR count). The van der Waals surface area contributed by atoms with Gasteiger partial charge in [0.1, 0.15) is 4.33 Å². The molecule has 0 aliphatic rings. The molecule has 0 aromatic rings. The van der Waals surface area contributed by atoms with Crippen LogP contribution in [-0.2, 0) is 0 Å². The van der Waals surface area contributed by atoms with E-state index in [9.17, 15) is 0 Å². The fraction of sp³-hybridized carbons (Fsp3) is 0.667. The summed E-state index contributed by atoms with van der Waals surface area (Å²) < 4.78 is -0.685. The molecule has 0 atom stereocenters. The van der Waals surface area contributed by atoms with Crippen molar-refractivity contribution in [3.63, 3.8) is 0 Å². The summed E-state index contributed by atoms with van der Waals surface area (Å²) in [6, 6.07) is 0. The Morgan fingerprint density at radius 2 is 2.00 bits per heavy atom. The van der Waals surface area contributed by atoms with Crippen LogP contribution in [0.4, 0.5) is 0 Å². The number of alkyl halides is 2. The van der Waals surface area contributed by atoms with Crippen molar-refractivity contribution >= 4 is 23.2 Å². The molecule has 0 saturated carbocycles. The summed E-state index contributed by atoms with van der Waals surface area (Å²) in [7, 11) is 0. The van der Waals surface area contributed by atoms with Gasteiger partial charge in [0.15, 0.2) is 0 Å². The Kier molecular flexibility index (Phi) is 3.50. The molecule has 0 radical (unpaired) electrons. The first-order valence-corrected chi connectivity index (χ1v) is 3.37. The molecule has 0 fully saturated rings. The Morgan fingerprint density at radius 1 is 1.50 bits per heavy atom. The SMILES string of the molecule is CCC=CC(C)(Cl)Cl. The summed E-state index contributed by atoms with van der Waals surface area (Å²) in [6.07, 6.45) is 4.70. The molecule has 0 amide bonds. The van der Waals surface area contributed by atoms with Gasteiger partial charge in [-0.2, -0.15) is 0 Å². The van der Waals surface area contributed by atoms with Crippen molar-refractivity contribution in [3.8, 4) is 0 Å². The summed E-state index contributed by atoms with van der Waals surface area (Å²) >= 11 is 11.2. The van der Waals surface area contributed by atoms with Gasteiger partial charge in [-0.25, -0.2) is 0 Å². The first-order chi connectivity index (χ1) is 3.56. The Labute approximate surface area is 60.5 Å². The second-order valence-corrected chi connectivity index (χ2v) is 3.53. The minimum absolute atomic E-state index is 0.685. The fourth-order valence-electron chi connectivity index (χ4n) is 0.325. The maximum atomic E-state index is 5.59. The zero-order valence-electron chi connectivity index (χ0n) is 5.12. The Morgan fingerprint density at radius 3 is 2.12 bits per heavy atom. The van der Waals surface area contributed by atoms with Crippen molar-refractivity contribution in [2.45, 2.75) is 24.6 Å². The lowest BCUT2D eigenvalue weighted by molar-refractivity contribution is 1.09. The van der Waals surface area contributed by atoms with E-state index in [0.717, 1.165) is 6.42 Å². The molecule has 0 aromatic heterocycles. The van der Waals surface area contributed by atoms with E-state index < -0.39 is 4.33 Å². The third-order valence-electron chi connectivity index (χ3n) is 0.646.